The summed E-state index contributed by atoms with van der Waals surface area (Å²) in [5.74, 6) is -0.171. The Balaban J connectivity index is 1.86. The number of para-hydroxylation sites is 1. The molecule has 0 spiro atoms. The van der Waals surface area contributed by atoms with Gasteiger partial charge in [0.15, 0.2) is 14.6 Å². The second-order valence-electron chi connectivity index (χ2n) is 13.4. The number of unbranched alkanes of at least 4 members (excludes halogenated alkanes) is 1. The molecule has 0 amide bonds. The van der Waals surface area contributed by atoms with Gasteiger partial charge >= 0.3 is 5.97 Å². The van der Waals surface area contributed by atoms with Crippen LogP contribution in [-0.2, 0) is 18.7 Å². The van der Waals surface area contributed by atoms with Gasteiger partial charge in [0.2, 0.25) is 0 Å². The molecule has 1 saturated carbocycles. The standard InChI is InChI=1S/C32H54O7Si/c1-7-8-19-32(22-29(34)35)26(27(21-28(32)33)38-30-16-12-13-20-36-30)18-17-25(39-40(5,6)31(2,3)4)23-37-24-14-10-9-11-15-24/h9-11,14-15,25-28,30,33H,7-8,12-13,16-23H2,1-6H3,(H,34,35)/t25-,26+,27+,28-,30?,32+/m0/s1. The SMILES string of the molecule is CCCC[C@@]1(CC(=O)O)[C@H](CC[C@@H](COc2ccccc2)O[Si](C)(C)C(C)(C)C)[C@H](OC2CCCCO2)C[C@@H]1O. The lowest BCUT2D eigenvalue weighted by Crippen LogP contribution is -2.46. The van der Waals surface area contributed by atoms with E-state index < -0.39 is 25.8 Å². The molecule has 1 aromatic carbocycles. The van der Waals surface area contributed by atoms with Crippen molar-refractivity contribution in [1.82, 2.24) is 0 Å². The van der Waals surface area contributed by atoms with Crippen LogP contribution < -0.4 is 4.74 Å². The minimum Gasteiger partial charge on any atom is -0.491 e. The van der Waals surface area contributed by atoms with Gasteiger partial charge in [0.25, 0.3) is 0 Å². The van der Waals surface area contributed by atoms with E-state index in [1.54, 1.807) is 0 Å². The fourth-order valence-electron chi connectivity index (χ4n) is 6.19. The number of aliphatic hydroxyl groups is 1. The Morgan fingerprint density at radius 3 is 2.52 bits per heavy atom. The lowest BCUT2D eigenvalue weighted by Gasteiger charge is -2.41. The van der Waals surface area contributed by atoms with Crippen molar-refractivity contribution in [3.05, 3.63) is 30.3 Å². The number of carboxylic acid groups (broad SMARTS) is 1. The van der Waals surface area contributed by atoms with Crippen LogP contribution in [0.25, 0.3) is 0 Å². The number of aliphatic hydroxyl groups excluding tert-OH is 1. The Bertz CT molecular complexity index is 896. The number of carboxylic acids is 1. The summed E-state index contributed by atoms with van der Waals surface area (Å²) in [7, 11) is -2.11. The summed E-state index contributed by atoms with van der Waals surface area (Å²) in [4.78, 5) is 12.2. The zero-order chi connectivity index (χ0) is 29.4. The molecule has 1 aliphatic heterocycles. The normalized spacial score (nSPS) is 28.4. The lowest BCUT2D eigenvalue weighted by atomic mass is 9.68. The third-order valence-electron chi connectivity index (χ3n) is 9.49. The first-order valence-electron chi connectivity index (χ1n) is 15.4. The van der Waals surface area contributed by atoms with Crippen molar-refractivity contribution in [3.8, 4) is 5.75 Å². The molecule has 228 valence electrons. The minimum atomic E-state index is -2.11. The van der Waals surface area contributed by atoms with Gasteiger partial charge in [-0.05, 0) is 74.7 Å². The average Bonchev–Trinajstić information content (AvgIpc) is 3.14. The van der Waals surface area contributed by atoms with E-state index in [0.717, 1.165) is 37.9 Å². The van der Waals surface area contributed by atoms with Gasteiger partial charge in [-0.15, -0.1) is 0 Å². The van der Waals surface area contributed by atoms with Crippen LogP contribution in [0.15, 0.2) is 30.3 Å². The monoisotopic (exact) mass is 578 g/mol. The summed E-state index contributed by atoms with van der Waals surface area (Å²) >= 11 is 0. The maximum Gasteiger partial charge on any atom is 0.304 e. The van der Waals surface area contributed by atoms with E-state index in [4.69, 9.17) is 18.6 Å². The van der Waals surface area contributed by atoms with Gasteiger partial charge in [-0.2, -0.15) is 0 Å². The van der Waals surface area contributed by atoms with E-state index in [1.807, 2.05) is 30.3 Å². The molecule has 1 aromatic rings. The fraction of sp³-hybridized carbons (Fsp3) is 0.781. The summed E-state index contributed by atoms with van der Waals surface area (Å²) in [6.45, 7) is 14.4. The van der Waals surface area contributed by atoms with Crippen molar-refractivity contribution in [2.75, 3.05) is 13.2 Å². The second-order valence-corrected chi connectivity index (χ2v) is 18.2. The molecule has 0 aromatic heterocycles. The van der Waals surface area contributed by atoms with Crippen molar-refractivity contribution in [2.45, 2.75) is 135 Å². The largest absolute Gasteiger partial charge is 0.491 e. The maximum atomic E-state index is 12.2. The maximum absolute atomic E-state index is 12.2. The molecule has 3 rings (SSSR count). The predicted molar refractivity (Wildman–Crippen MR) is 160 cm³/mol. The van der Waals surface area contributed by atoms with Crippen LogP contribution in [0.2, 0.25) is 18.1 Å². The zero-order valence-electron chi connectivity index (χ0n) is 25.7. The van der Waals surface area contributed by atoms with Crippen LogP contribution in [0.4, 0.5) is 0 Å². The molecule has 1 heterocycles. The Kier molecular flexibility index (Phi) is 12.1. The number of benzene rings is 1. The molecule has 7 nitrogen and oxygen atoms in total. The highest BCUT2D eigenvalue weighted by molar-refractivity contribution is 6.74. The van der Waals surface area contributed by atoms with E-state index in [1.165, 1.54) is 0 Å². The average molecular weight is 579 g/mol. The Morgan fingerprint density at radius 2 is 1.93 bits per heavy atom. The Morgan fingerprint density at radius 1 is 1.20 bits per heavy atom. The van der Waals surface area contributed by atoms with Gasteiger partial charge in [0.1, 0.15) is 12.4 Å². The van der Waals surface area contributed by atoms with Crippen molar-refractivity contribution in [3.63, 3.8) is 0 Å². The van der Waals surface area contributed by atoms with E-state index in [0.29, 0.717) is 38.9 Å². The molecule has 0 bridgehead atoms. The van der Waals surface area contributed by atoms with Gasteiger partial charge in [-0.3, -0.25) is 4.79 Å². The molecule has 1 unspecified atom stereocenters. The quantitative estimate of drug-likeness (QED) is 0.213. The van der Waals surface area contributed by atoms with Gasteiger partial charge in [-0.1, -0.05) is 58.7 Å². The highest BCUT2D eigenvalue weighted by Crippen LogP contribution is 2.53. The molecule has 2 aliphatic rings. The molecule has 6 atom stereocenters. The van der Waals surface area contributed by atoms with Crippen LogP contribution in [0.5, 0.6) is 5.75 Å². The zero-order valence-corrected chi connectivity index (χ0v) is 26.7. The highest BCUT2D eigenvalue weighted by atomic mass is 28.4. The third kappa shape index (κ3) is 8.77. The van der Waals surface area contributed by atoms with Crippen molar-refractivity contribution < 1.29 is 33.6 Å². The molecular formula is C32H54O7Si. The van der Waals surface area contributed by atoms with Gasteiger partial charge in [0, 0.05) is 18.4 Å². The number of hydrogen-bond donors (Lipinski definition) is 2. The highest BCUT2D eigenvalue weighted by Gasteiger charge is 2.56. The fourth-order valence-corrected chi connectivity index (χ4v) is 7.56. The molecule has 2 fully saturated rings. The second kappa shape index (κ2) is 14.6. The molecule has 1 aliphatic carbocycles. The van der Waals surface area contributed by atoms with Crippen molar-refractivity contribution in [1.29, 1.82) is 0 Å². The summed E-state index contributed by atoms with van der Waals surface area (Å²) in [5, 5.41) is 21.5. The van der Waals surface area contributed by atoms with Crippen molar-refractivity contribution in [2.24, 2.45) is 11.3 Å². The first-order chi connectivity index (χ1) is 18.9. The first kappa shape index (κ1) is 33.1. The molecule has 8 heteroatoms. The van der Waals surface area contributed by atoms with Gasteiger partial charge in [0.05, 0.1) is 24.7 Å². The van der Waals surface area contributed by atoms with Crippen LogP contribution in [0.3, 0.4) is 0 Å². The summed E-state index contributed by atoms with van der Waals surface area (Å²) in [6, 6.07) is 9.79. The molecular weight excluding hydrogens is 524 g/mol. The molecule has 40 heavy (non-hydrogen) atoms. The molecule has 0 radical (unpaired) electrons. The van der Waals surface area contributed by atoms with E-state index in [9.17, 15) is 15.0 Å². The number of aliphatic carboxylic acids is 1. The minimum absolute atomic E-state index is 0.0414. The van der Waals surface area contributed by atoms with E-state index >= 15 is 0 Å². The third-order valence-corrected chi connectivity index (χ3v) is 14.0. The van der Waals surface area contributed by atoms with Gasteiger partial charge in [-0.25, -0.2) is 0 Å². The molecule has 2 N–H and O–H groups in total. The van der Waals surface area contributed by atoms with Crippen LogP contribution in [-0.4, -0.2) is 62.3 Å². The Hall–Kier alpha value is -1.45. The lowest BCUT2D eigenvalue weighted by molar-refractivity contribution is -0.199. The number of ether oxygens (including phenoxy) is 3. The molecule has 1 saturated heterocycles. The summed E-state index contributed by atoms with van der Waals surface area (Å²) in [5.41, 5.74) is -0.733. The van der Waals surface area contributed by atoms with E-state index in [-0.39, 0.29) is 35.9 Å². The summed E-state index contributed by atoms with van der Waals surface area (Å²) < 4.78 is 25.5. The number of carbonyl (C=O) groups is 1. The van der Waals surface area contributed by atoms with Gasteiger partial charge < -0.3 is 28.8 Å². The smallest absolute Gasteiger partial charge is 0.304 e. The summed E-state index contributed by atoms with van der Waals surface area (Å²) in [6.07, 6.45) is 5.77. The number of rotatable bonds is 15. The van der Waals surface area contributed by atoms with E-state index in [2.05, 4.69) is 40.8 Å². The van der Waals surface area contributed by atoms with Crippen LogP contribution >= 0.6 is 0 Å². The number of hydrogen-bond acceptors (Lipinski definition) is 6. The van der Waals surface area contributed by atoms with Crippen LogP contribution in [0.1, 0.15) is 91.9 Å². The van der Waals surface area contributed by atoms with Crippen molar-refractivity contribution >= 4 is 14.3 Å². The predicted octanol–water partition coefficient (Wildman–Crippen LogP) is 7.18. The first-order valence-corrected chi connectivity index (χ1v) is 18.3. The van der Waals surface area contributed by atoms with Crippen LogP contribution in [0, 0.1) is 11.3 Å². The topological polar surface area (TPSA) is 94.5 Å². The Labute approximate surface area is 243 Å².